The first-order valence-corrected chi connectivity index (χ1v) is 8.92. The highest BCUT2D eigenvalue weighted by molar-refractivity contribution is 5.36. The zero-order valence-electron chi connectivity index (χ0n) is 15.0. The number of pyridine rings is 1. The van der Waals surface area contributed by atoms with E-state index in [-0.39, 0.29) is 0 Å². The largest absolute Gasteiger partial charge is 0.490 e. The molecule has 0 spiro atoms. The molecule has 0 fully saturated rings. The molecule has 0 bridgehead atoms. The Balaban J connectivity index is 1.43. The maximum Gasteiger partial charge on any atom is 0.126 e. The lowest BCUT2D eigenvalue weighted by Gasteiger charge is -2.10. The van der Waals surface area contributed by atoms with Crippen LogP contribution in [0.3, 0.4) is 0 Å². The minimum atomic E-state index is 0.507. The summed E-state index contributed by atoms with van der Waals surface area (Å²) in [6.07, 6.45) is 2.81. The summed E-state index contributed by atoms with van der Waals surface area (Å²) < 4.78 is 11.5. The molecule has 0 saturated carbocycles. The minimum absolute atomic E-state index is 0.507. The van der Waals surface area contributed by atoms with Gasteiger partial charge in [-0.3, -0.25) is 0 Å². The highest BCUT2D eigenvalue weighted by Crippen LogP contribution is 2.15. The van der Waals surface area contributed by atoms with Crippen molar-refractivity contribution < 1.29 is 9.47 Å². The molecular formula is C22H24N2O2. The number of nitrogens with one attached hydrogen (secondary N) is 1. The van der Waals surface area contributed by atoms with Crippen LogP contribution in [0.15, 0.2) is 72.9 Å². The molecule has 134 valence electrons. The van der Waals surface area contributed by atoms with E-state index in [4.69, 9.17) is 9.47 Å². The van der Waals surface area contributed by atoms with Crippen molar-refractivity contribution >= 4 is 5.82 Å². The van der Waals surface area contributed by atoms with Gasteiger partial charge >= 0.3 is 0 Å². The third-order valence-electron chi connectivity index (χ3n) is 3.99. The summed E-state index contributed by atoms with van der Waals surface area (Å²) in [5.74, 6) is 2.58. The van der Waals surface area contributed by atoms with Gasteiger partial charge in [0.2, 0.25) is 0 Å². The molecule has 1 heterocycles. The molecule has 3 aromatic rings. The summed E-state index contributed by atoms with van der Waals surface area (Å²) in [6.45, 7) is 3.87. The van der Waals surface area contributed by atoms with Gasteiger partial charge in [0, 0.05) is 12.7 Å². The molecule has 0 amide bonds. The average molecular weight is 348 g/mol. The van der Waals surface area contributed by atoms with Crippen molar-refractivity contribution in [1.29, 1.82) is 0 Å². The highest BCUT2D eigenvalue weighted by Gasteiger charge is 1.99. The van der Waals surface area contributed by atoms with Gasteiger partial charge in [0.25, 0.3) is 0 Å². The van der Waals surface area contributed by atoms with Crippen molar-refractivity contribution in [2.24, 2.45) is 0 Å². The Morgan fingerprint density at radius 1 is 0.808 bits per heavy atom. The first kappa shape index (κ1) is 17.8. The summed E-state index contributed by atoms with van der Waals surface area (Å²) in [5.41, 5.74) is 2.45. The molecule has 0 aliphatic heterocycles. The smallest absolute Gasteiger partial charge is 0.126 e. The Labute approximate surface area is 154 Å². The van der Waals surface area contributed by atoms with Gasteiger partial charge in [0.15, 0.2) is 0 Å². The van der Waals surface area contributed by atoms with Gasteiger partial charge in [-0.25, -0.2) is 4.98 Å². The molecule has 0 aliphatic carbocycles. The molecule has 2 aromatic carbocycles. The van der Waals surface area contributed by atoms with E-state index in [2.05, 4.69) is 35.4 Å². The van der Waals surface area contributed by atoms with E-state index < -0.39 is 0 Å². The Hall–Kier alpha value is -3.01. The zero-order valence-corrected chi connectivity index (χ0v) is 15.0. The van der Waals surface area contributed by atoms with Gasteiger partial charge in [-0.05, 0) is 53.9 Å². The average Bonchev–Trinajstić information content (AvgIpc) is 2.71. The van der Waals surface area contributed by atoms with E-state index in [1.54, 1.807) is 6.20 Å². The van der Waals surface area contributed by atoms with Crippen LogP contribution < -0.4 is 14.8 Å². The molecule has 0 radical (unpaired) electrons. The van der Waals surface area contributed by atoms with E-state index >= 15 is 0 Å². The summed E-state index contributed by atoms with van der Waals surface area (Å²) in [7, 11) is 0. The van der Waals surface area contributed by atoms with Crippen molar-refractivity contribution in [3.63, 3.8) is 0 Å². The summed E-state index contributed by atoms with van der Waals surface area (Å²) in [6, 6.07) is 22.1. The van der Waals surface area contributed by atoms with Crippen molar-refractivity contribution in [1.82, 2.24) is 4.98 Å². The lowest BCUT2D eigenvalue weighted by atomic mass is 10.2. The Kier molecular flexibility index (Phi) is 6.48. The standard InChI is InChI=1S/C22H24N2O2/c1-2-18-9-11-20(12-10-18)25-14-15-26-21-7-5-6-19(16-21)17-24-22-8-3-4-13-23-22/h3-13,16H,2,14-15,17H2,1H3,(H,23,24). The number of nitrogens with zero attached hydrogens (tertiary/aromatic N) is 1. The predicted octanol–water partition coefficient (Wildman–Crippen LogP) is 4.71. The van der Waals surface area contributed by atoms with Gasteiger partial charge < -0.3 is 14.8 Å². The normalized spacial score (nSPS) is 10.3. The fourth-order valence-corrected chi connectivity index (χ4v) is 2.55. The first-order chi connectivity index (χ1) is 12.8. The van der Waals surface area contributed by atoms with Crippen LogP contribution in [0.25, 0.3) is 0 Å². The van der Waals surface area contributed by atoms with Crippen LogP contribution in [0, 0.1) is 0 Å². The molecule has 1 aromatic heterocycles. The molecular weight excluding hydrogens is 324 g/mol. The van der Waals surface area contributed by atoms with Crippen molar-refractivity contribution in [3.8, 4) is 11.5 Å². The van der Waals surface area contributed by atoms with Crippen LogP contribution in [0.4, 0.5) is 5.82 Å². The summed E-state index contributed by atoms with van der Waals surface area (Å²) in [5, 5.41) is 3.29. The molecule has 26 heavy (non-hydrogen) atoms. The highest BCUT2D eigenvalue weighted by atomic mass is 16.5. The number of anilines is 1. The quantitative estimate of drug-likeness (QED) is 0.569. The zero-order chi connectivity index (χ0) is 18.0. The second kappa shape index (κ2) is 9.47. The number of benzene rings is 2. The molecule has 3 rings (SSSR count). The number of ether oxygens (including phenoxy) is 2. The fraction of sp³-hybridized carbons (Fsp3) is 0.227. The van der Waals surface area contributed by atoms with Crippen molar-refractivity contribution in [2.45, 2.75) is 19.9 Å². The second-order valence-electron chi connectivity index (χ2n) is 5.91. The Morgan fingerprint density at radius 3 is 2.35 bits per heavy atom. The molecule has 0 unspecified atom stereocenters. The monoisotopic (exact) mass is 348 g/mol. The van der Waals surface area contributed by atoms with Crippen molar-refractivity contribution in [2.75, 3.05) is 18.5 Å². The van der Waals surface area contributed by atoms with Gasteiger partial charge in [0.1, 0.15) is 30.5 Å². The maximum absolute atomic E-state index is 5.80. The Bertz CT molecular complexity index is 789. The summed E-state index contributed by atoms with van der Waals surface area (Å²) >= 11 is 0. The Morgan fingerprint density at radius 2 is 1.62 bits per heavy atom. The van der Waals surface area contributed by atoms with Gasteiger partial charge in [-0.2, -0.15) is 0 Å². The molecule has 0 atom stereocenters. The third kappa shape index (κ3) is 5.52. The SMILES string of the molecule is CCc1ccc(OCCOc2cccc(CNc3ccccn3)c2)cc1. The van der Waals surface area contributed by atoms with Gasteiger partial charge in [-0.15, -0.1) is 0 Å². The van der Waals surface area contributed by atoms with E-state index in [9.17, 15) is 0 Å². The second-order valence-corrected chi connectivity index (χ2v) is 5.91. The lowest BCUT2D eigenvalue weighted by molar-refractivity contribution is 0.217. The van der Waals surface area contributed by atoms with Crippen LogP contribution in [-0.2, 0) is 13.0 Å². The number of aromatic nitrogens is 1. The van der Waals surface area contributed by atoms with Crippen LogP contribution in [0.2, 0.25) is 0 Å². The number of aryl methyl sites for hydroxylation is 1. The van der Waals surface area contributed by atoms with Crippen LogP contribution in [-0.4, -0.2) is 18.2 Å². The van der Waals surface area contributed by atoms with Gasteiger partial charge in [-0.1, -0.05) is 37.3 Å². The number of hydrogen-bond donors (Lipinski definition) is 1. The van der Waals surface area contributed by atoms with Crippen LogP contribution >= 0.6 is 0 Å². The van der Waals surface area contributed by atoms with Crippen LogP contribution in [0.5, 0.6) is 11.5 Å². The van der Waals surface area contributed by atoms with E-state index in [0.29, 0.717) is 19.8 Å². The van der Waals surface area contributed by atoms with E-state index in [1.165, 1.54) is 5.56 Å². The molecule has 0 saturated heterocycles. The maximum atomic E-state index is 5.80. The molecule has 0 aliphatic rings. The van der Waals surface area contributed by atoms with E-state index in [0.717, 1.165) is 29.3 Å². The molecule has 4 nitrogen and oxygen atoms in total. The lowest BCUT2D eigenvalue weighted by Crippen LogP contribution is -2.09. The summed E-state index contributed by atoms with van der Waals surface area (Å²) in [4.78, 5) is 4.26. The van der Waals surface area contributed by atoms with Crippen LogP contribution in [0.1, 0.15) is 18.1 Å². The fourth-order valence-electron chi connectivity index (χ4n) is 2.55. The third-order valence-corrected chi connectivity index (χ3v) is 3.99. The molecule has 4 heteroatoms. The number of rotatable bonds is 9. The number of hydrogen-bond acceptors (Lipinski definition) is 4. The minimum Gasteiger partial charge on any atom is -0.490 e. The first-order valence-electron chi connectivity index (χ1n) is 8.92. The van der Waals surface area contributed by atoms with Gasteiger partial charge in [0.05, 0.1) is 0 Å². The predicted molar refractivity (Wildman–Crippen MR) is 105 cm³/mol. The van der Waals surface area contributed by atoms with Crippen molar-refractivity contribution in [3.05, 3.63) is 84.1 Å². The topological polar surface area (TPSA) is 43.4 Å². The van der Waals surface area contributed by atoms with E-state index in [1.807, 2.05) is 48.5 Å². The molecule has 1 N–H and O–H groups in total.